The number of aromatic nitrogens is 2. The molecule has 0 saturated heterocycles. The number of aliphatic hydroxyl groups excluding tert-OH is 1. The molecule has 0 spiro atoms. The van der Waals surface area contributed by atoms with Crippen molar-refractivity contribution in [2.24, 2.45) is 0 Å². The van der Waals surface area contributed by atoms with Gasteiger partial charge in [0.25, 0.3) is 0 Å². The van der Waals surface area contributed by atoms with E-state index in [9.17, 15) is 10.2 Å². The molecule has 5 heteroatoms. The van der Waals surface area contributed by atoms with Gasteiger partial charge in [-0.25, -0.2) is 4.98 Å². The molecule has 0 radical (unpaired) electrons. The summed E-state index contributed by atoms with van der Waals surface area (Å²) >= 11 is 0. The van der Waals surface area contributed by atoms with Crippen LogP contribution in [-0.2, 0) is 13.0 Å². The van der Waals surface area contributed by atoms with Gasteiger partial charge in [-0.15, -0.1) is 0 Å². The highest BCUT2D eigenvalue weighted by Crippen LogP contribution is 2.26. The second-order valence-electron chi connectivity index (χ2n) is 6.26. The van der Waals surface area contributed by atoms with Crippen LogP contribution in [0.4, 0.5) is 0 Å². The van der Waals surface area contributed by atoms with Gasteiger partial charge in [-0.2, -0.15) is 0 Å². The van der Waals surface area contributed by atoms with Crippen molar-refractivity contribution in [1.29, 1.82) is 0 Å². The summed E-state index contributed by atoms with van der Waals surface area (Å²) in [5, 5.41) is 24.1. The van der Waals surface area contributed by atoms with Gasteiger partial charge in [0.2, 0.25) is 0 Å². The van der Waals surface area contributed by atoms with E-state index in [0.29, 0.717) is 12.3 Å². The second kappa shape index (κ2) is 8.13. The number of aliphatic hydroxyl groups is 1. The lowest BCUT2D eigenvalue weighted by atomic mass is 9.96. The number of hydrogen-bond acceptors (Lipinski definition) is 4. The number of hydrogen-bond donors (Lipinski definition) is 3. The first-order chi connectivity index (χ1) is 11.0. The molecule has 0 saturated carbocycles. The smallest absolute Gasteiger partial charge is 0.118 e. The lowest BCUT2D eigenvalue weighted by Gasteiger charge is -2.27. The van der Waals surface area contributed by atoms with Crippen molar-refractivity contribution in [3.05, 3.63) is 48.0 Å². The summed E-state index contributed by atoms with van der Waals surface area (Å²) in [6, 6.07) is 5.63. The molecule has 1 aromatic carbocycles. The zero-order chi connectivity index (χ0) is 16.8. The molecule has 0 aliphatic heterocycles. The number of aryl methyl sites for hydroxylation is 1. The Kier molecular flexibility index (Phi) is 6.19. The van der Waals surface area contributed by atoms with Crippen LogP contribution < -0.4 is 5.32 Å². The van der Waals surface area contributed by atoms with Crippen LogP contribution in [0.25, 0.3) is 0 Å². The Labute approximate surface area is 138 Å². The maximum atomic E-state index is 10.7. The van der Waals surface area contributed by atoms with E-state index < -0.39 is 6.10 Å². The average Bonchev–Trinajstić information content (AvgIpc) is 3.00. The Morgan fingerprint density at radius 1 is 1.30 bits per heavy atom. The van der Waals surface area contributed by atoms with E-state index in [1.807, 2.05) is 22.9 Å². The molecule has 3 N–H and O–H groups in total. The highest BCUT2D eigenvalue weighted by molar-refractivity contribution is 5.38. The Morgan fingerprint density at radius 2 is 2.09 bits per heavy atom. The summed E-state index contributed by atoms with van der Waals surface area (Å²) in [5.41, 5.74) is 1.92. The van der Waals surface area contributed by atoms with Crippen LogP contribution in [-0.4, -0.2) is 31.9 Å². The number of phenolic OH excluding ortho intramolecular Hbond substituents is 1. The van der Waals surface area contributed by atoms with Gasteiger partial charge in [0.15, 0.2) is 0 Å². The van der Waals surface area contributed by atoms with Crippen molar-refractivity contribution in [2.75, 3.05) is 0 Å². The standard InChI is InChI=1S/C18H27N3O2/c1-4-5-14-10-15(6-7-16(14)22)18(20-13(2)3)17(23)11-21-9-8-19-12-21/h6-10,12-13,17-18,20,22-23H,4-5,11H2,1-3H3. The maximum Gasteiger partial charge on any atom is 0.118 e. The van der Waals surface area contributed by atoms with Crippen molar-refractivity contribution in [3.63, 3.8) is 0 Å². The van der Waals surface area contributed by atoms with Crippen molar-refractivity contribution < 1.29 is 10.2 Å². The molecule has 2 aromatic rings. The predicted octanol–water partition coefficient (Wildman–Crippen LogP) is 2.64. The van der Waals surface area contributed by atoms with Gasteiger partial charge < -0.3 is 20.1 Å². The van der Waals surface area contributed by atoms with Crippen molar-refractivity contribution >= 4 is 0 Å². The Hall–Kier alpha value is -1.85. The van der Waals surface area contributed by atoms with E-state index in [-0.39, 0.29) is 12.1 Å². The second-order valence-corrected chi connectivity index (χ2v) is 6.26. The average molecular weight is 317 g/mol. The number of nitrogens with one attached hydrogen (secondary N) is 1. The molecule has 23 heavy (non-hydrogen) atoms. The van der Waals surface area contributed by atoms with Crippen LogP contribution in [0.3, 0.4) is 0 Å². The number of nitrogens with zero attached hydrogens (tertiary/aromatic N) is 2. The fourth-order valence-corrected chi connectivity index (χ4v) is 2.77. The van der Waals surface area contributed by atoms with Gasteiger partial charge in [-0.05, 0) is 23.6 Å². The zero-order valence-electron chi connectivity index (χ0n) is 14.1. The van der Waals surface area contributed by atoms with E-state index in [1.165, 1.54) is 0 Å². The van der Waals surface area contributed by atoms with Crippen LogP contribution in [0, 0.1) is 0 Å². The summed E-state index contributed by atoms with van der Waals surface area (Å²) in [6.45, 7) is 6.67. The Balaban J connectivity index is 2.24. The molecule has 0 aliphatic carbocycles. The van der Waals surface area contributed by atoms with Crippen molar-refractivity contribution in [3.8, 4) is 5.75 Å². The first-order valence-corrected chi connectivity index (χ1v) is 8.23. The molecule has 0 amide bonds. The summed E-state index contributed by atoms with van der Waals surface area (Å²) in [6.07, 6.45) is 6.45. The van der Waals surface area contributed by atoms with Gasteiger partial charge in [0, 0.05) is 18.4 Å². The molecule has 0 fully saturated rings. The van der Waals surface area contributed by atoms with Gasteiger partial charge in [0.1, 0.15) is 5.75 Å². The molecule has 1 aromatic heterocycles. The number of phenols is 1. The lowest BCUT2D eigenvalue weighted by molar-refractivity contribution is 0.105. The van der Waals surface area contributed by atoms with Gasteiger partial charge in [0.05, 0.1) is 25.0 Å². The SMILES string of the molecule is CCCc1cc(C(NC(C)C)C(O)Cn2ccnc2)ccc1O. The van der Waals surface area contributed by atoms with Crippen molar-refractivity contribution in [1.82, 2.24) is 14.9 Å². The van der Waals surface area contributed by atoms with Crippen LogP contribution in [0.2, 0.25) is 0 Å². The molecule has 0 bridgehead atoms. The molecule has 126 valence electrons. The Bertz CT molecular complexity index is 596. The van der Waals surface area contributed by atoms with Crippen LogP contribution >= 0.6 is 0 Å². The minimum absolute atomic E-state index is 0.200. The summed E-state index contributed by atoms with van der Waals surface area (Å²) in [5.74, 6) is 0.322. The zero-order valence-corrected chi connectivity index (χ0v) is 14.1. The molecule has 0 aliphatic rings. The number of imidazole rings is 1. The first kappa shape index (κ1) is 17.5. The summed E-state index contributed by atoms with van der Waals surface area (Å²) in [7, 11) is 0. The minimum atomic E-state index is -0.592. The van der Waals surface area contributed by atoms with Gasteiger partial charge >= 0.3 is 0 Å². The van der Waals surface area contributed by atoms with E-state index in [2.05, 4.69) is 31.1 Å². The van der Waals surface area contributed by atoms with Crippen LogP contribution in [0.1, 0.15) is 44.4 Å². The quantitative estimate of drug-likeness (QED) is 0.700. The maximum absolute atomic E-state index is 10.7. The lowest BCUT2D eigenvalue weighted by Crippen LogP contribution is -2.38. The fraction of sp³-hybridized carbons (Fsp3) is 0.500. The highest BCUT2D eigenvalue weighted by atomic mass is 16.3. The normalized spacial score (nSPS) is 14.1. The molecule has 2 unspecified atom stereocenters. The first-order valence-electron chi connectivity index (χ1n) is 8.23. The molecule has 1 heterocycles. The van der Waals surface area contributed by atoms with E-state index in [0.717, 1.165) is 24.0 Å². The number of aromatic hydroxyl groups is 1. The minimum Gasteiger partial charge on any atom is -0.508 e. The summed E-state index contributed by atoms with van der Waals surface area (Å²) in [4.78, 5) is 4.02. The number of benzene rings is 1. The highest BCUT2D eigenvalue weighted by Gasteiger charge is 2.23. The topological polar surface area (TPSA) is 70.3 Å². The summed E-state index contributed by atoms with van der Waals surface area (Å²) < 4.78 is 1.87. The monoisotopic (exact) mass is 317 g/mol. The molecule has 2 atom stereocenters. The molecule has 2 rings (SSSR count). The molecular formula is C18H27N3O2. The van der Waals surface area contributed by atoms with Gasteiger partial charge in [-0.1, -0.05) is 39.3 Å². The van der Waals surface area contributed by atoms with Crippen LogP contribution in [0.5, 0.6) is 5.75 Å². The van der Waals surface area contributed by atoms with Gasteiger partial charge in [-0.3, -0.25) is 0 Å². The Morgan fingerprint density at radius 3 is 2.70 bits per heavy atom. The van der Waals surface area contributed by atoms with E-state index >= 15 is 0 Å². The fourth-order valence-electron chi connectivity index (χ4n) is 2.77. The third kappa shape index (κ3) is 4.81. The third-order valence-electron chi connectivity index (χ3n) is 3.84. The van der Waals surface area contributed by atoms with Crippen molar-refractivity contribution in [2.45, 2.75) is 58.3 Å². The largest absolute Gasteiger partial charge is 0.508 e. The molecule has 5 nitrogen and oxygen atoms in total. The molecular weight excluding hydrogens is 290 g/mol. The van der Waals surface area contributed by atoms with E-state index in [1.54, 1.807) is 18.6 Å². The number of rotatable bonds is 8. The van der Waals surface area contributed by atoms with E-state index in [4.69, 9.17) is 0 Å². The third-order valence-corrected chi connectivity index (χ3v) is 3.84. The predicted molar refractivity (Wildman–Crippen MR) is 91.3 cm³/mol. The van der Waals surface area contributed by atoms with Crippen LogP contribution in [0.15, 0.2) is 36.9 Å².